The average Bonchev–Trinajstić information content (AvgIpc) is 2.58. The van der Waals surface area contributed by atoms with Gasteiger partial charge in [0.2, 0.25) is 0 Å². The van der Waals surface area contributed by atoms with Gasteiger partial charge in [0.15, 0.2) is 0 Å². The highest BCUT2D eigenvalue weighted by Crippen LogP contribution is 2.22. The van der Waals surface area contributed by atoms with Crippen LogP contribution in [0.5, 0.6) is 0 Å². The molecule has 0 aromatic rings. The van der Waals surface area contributed by atoms with Gasteiger partial charge in [-0.15, -0.1) is 11.8 Å². The molecule has 0 fully saturated rings. The lowest BCUT2D eigenvalue weighted by Gasteiger charge is -2.04. The van der Waals surface area contributed by atoms with Crippen LogP contribution in [0.4, 0.5) is 0 Å². The van der Waals surface area contributed by atoms with Crippen LogP contribution in [0.1, 0.15) is 51.9 Å². The van der Waals surface area contributed by atoms with Crippen molar-refractivity contribution >= 4 is 23.2 Å². The first-order valence-corrected chi connectivity index (χ1v) is 6.50. The minimum absolute atomic E-state index is 0.0727. The number of rotatable bonds is 7. The molecule has 0 spiro atoms. The lowest BCUT2D eigenvalue weighted by Crippen LogP contribution is -2.09. The van der Waals surface area contributed by atoms with Crippen LogP contribution in [-0.4, -0.2) is 16.7 Å². The number of carbonyl (C=O) groups excluding carboxylic acids is 1. The molecule has 1 unspecified atom stereocenters. The fraction of sp³-hybridized carbons (Fsp3) is 0.818. The van der Waals surface area contributed by atoms with Crippen molar-refractivity contribution in [1.29, 1.82) is 0 Å². The minimum Gasteiger partial charge on any atom is -0.271 e. The van der Waals surface area contributed by atoms with E-state index in [0.717, 1.165) is 6.42 Å². The predicted molar refractivity (Wildman–Crippen MR) is 62.9 cm³/mol. The Bertz CT molecular complexity index is 203. The number of hydrogen-bond donors (Lipinski definition) is 0. The van der Waals surface area contributed by atoms with Crippen LogP contribution < -0.4 is 0 Å². The van der Waals surface area contributed by atoms with E-state index in [1.165, 1.54) is 38.5 Å². The summed E-state index contributed by atoms with van der Waals surface area (Å²) in [7, 11) is 0. The van der Waals surface area contributed by atoms with Crippen molar-refractivity contribution in [1.82, 2.24) is 0 Å². The summed E-state index contributed by atoms with van der Waals surface area (Å²) in [5.41, 5.74) is 1.68. The van der Waals surface area contributed by atoms with E-state index >= 15 is 0 Å². The molecule has 1 amide bonds. The van der Waals surface area contributed by atoms with Gasteiger partial charge in [-0.05, 0) is 6.42 Å². The van der Waals surface area contributed by atoms with E-state index in [2.05, 4.69) is 11.9 Å². The number of nitrogens with zero attached hydrogens (tertiary/aromatic N) is 1. The molecule has 0 bridgehead atoms. The summed E-state index contributed by atoms with van der Waals surface area (Å²) in [5, 5.41) is 0.140. The molecule has 80 valence electrons. The first-order chi connectivity index (χ1) is 6.84. The molecule has 1 heterocycles. The molecule has 0 aromatic heterocycles. The van der Waals surface area contributed by atoms with Gasteiger partial charge >= 0.3 is 0 Å². The van der Waals surface area contributed by atoms with Gasteiger partial charge in [-0.2, -0.15) is 0 Å². The molecular formula is C11H19NOS. The summed E-state index contributed by atoms with van der Waals surface area (Å²) in [6.07, 6.45) is 8.76. The molecule has 1 aliphatic rings. The van der Waals surface area contributed by atoms with Crippen LogP contribution in [0, 0.1) is 0 Å². The standard InChI is InChI=1S/C11H19NOS/c1-2-3-4-5-6-7-8-10-11(13)12-9-14-10/h9-10H,2-8H2,1H3. The Labute approximate surface area is 90.6 Å². The third kappa shape index (κ3) is 4.27. The first-order valence-electron chi connectivity index (χ1n) is 5.56. The number of hydrogen-bond acceptors (Lipinski definition) is 2. The molecule has 0 saturated heterocycles. The van der Waals surface area contributed by atoms with Gasteiger partial charge < -0.3 is 0 Å². The van der Waals surface area contributed by atoms with Crippen molar-refractivity contribution in [3.8, 4) is 0 Å². The maximum atomic E-state index is 11.1. The fourth-order valence-corrected chi connectivity index (χ4v) is 2.39. The smallest absolute Gasteiger partial charge is 0.259 e. The van der Waals surface area contributed by atoms with Crippen molar-refractivity contribution in [3.63, 3.8) is 0 Å². The lowest BCUT2D eigenvalue weighted by molar-refractivity contribution is -0.117. The van der Waals surface area contributed by atoms with Gasteiger partial charge in [-0.25, -0.2) is 4.99 Å². The van der Waals surface area contributed by atoms with Crippen LogP contribution >= 0.6 is 11.8 Å². The predicted octanol–water partition coefficient (Wildman–Crippen LogP) is 3.41. The number of amides is 1. The quantitative estimate of drug-likeness (QED) is 0.606. The van der Waals surface area contributed by atoms with Crippen molar-refractivity contribution in [2.75, 3.05) is 0 Å². The number of carbonyl (C=O) groups is 1. The van der Waals surface area contributed by atoms with E-state index in [9.17, 15) is 4.79 Å². The zero-order chi connectivity index (χ0) is 10.2. The normalized spacial score (nSPS) is 20.6. The van der Waals surface area contributed by atoms with Crippen LogP contribution in [-0.2, 0) is 4.79 Å². The third-order valence-corrected chi connectivity index (χ3v) is 3.49. The van der Waals surface area contributed by atoms with E-state index < -0.39 is 0 Å². The summed E-state index contributed by atoms with van der Waals surface area (Å²) in [4.78, 5) is 14.9. The summed E-state index contributed by atoms with van der Waals surface area (Å²) in [6, 6.07) is 0. The highest BCUT2D eigenvalue weighted by Gasteiger charge is 2.20. The Hall–Kier alpha value is -0.310. The van der Waals surface area contributed by atoms with Crippen molar-refractivity contribution in [2.24, 2.45) is 4.99 Å². The van der Waals surface area contributed by atoms with Gasteiger partial charge in [-0.1, -0.05) is 45.4 Å². The lowest BCUT2D eigenvalue weighted by atomic mass is 10.1. The summed E-state index contributed by atoms with van der Waals surface area (Å²) >= 11 is 1.58. The second-order valence-corrected chi connectivity index (χ2v) is 4.81. The molecule has 0 N–H and O–H groups in total. The highest BCUT2D eigenvalue weighted by molar-refractivity contribution is 8.13. The first kappa shape index (κ1) is 11.8. The van der Waals surface area contributed by atoms with Gasteiger partial charge in [0.05, 0.1) is 10.8 Å². The number of aliphatic imine (C=N–C) groups is 1. The van der Waals surface area contributed by atoms with Crippen LogP contribution in [0.15, 0.2) is 4.99 Å². The molecule has 1 aliphatic heterocycles. The monoisotopic (exact) mass is 213 g/mol. The summed E-state index contributed by atoms with van der Waals surface area (Å²) < 4.78 is 0. The van der Waals surface area contributed by atoms with Crippen molar-refractivity contribution in [2.45, 2.75) is 57.1 Å². The molecule has 1 rings (SSSR count). The Morgan fingerprint density at radius 1 is 1.29 bits per heavy atom. The Kier molecular flexibility index (Phi) is 5.92. The Balaban J connectivity index is 1.91. The minimum atomic E-state index is 0.0727. The van der Waals surface area contributed by atoms with E-state index in [1.54, 1.807) is 17.3 Å². The van der Waals surface area contributed by atoms with Crippen molar-refractivity contribution in [3.05, 3.63) is 0 Å². The van der Waals surface area contributed by atoms with Gasteiger partial charge in [-0.3, -0.25) is 4.79 Å². The van der Waals surface area contributed by atoms with E-state index in [4.69, 9.17) is 0 Å². The van der Waals surface area contributed by atoms with Gasteiger partial charge in [0.25, 0.3) is 5.91 Å². The molecule has 14 heavy (non-hydrogen) atoms. The maximum absolute atomic E-state index is 11.1. The van der Waals surface area contributed by atoms with Gasteiger partial charge in [0, 0.05) is 0 Å². The molecule has 1 atom stereocenters. The fourth-order valence-electron chi connectivity index (χ4n) is 1.60. The molecule has 0 saturated carbocycles. The summed E-state index contributed by atoms with van der Waals surface area (Å²) in [5.74, 6) is 0.0727. The van der Waals surface area contributed by atoms with Gasteiger partial charge in [0.1, 0.15) is 0 Å². The van der Waals surface area contributed by atoms with Crippen LogP contribution in [0.2, 0.25) is 0 Å². The number of thioether (sulfide) groups is 1. The SMILES string of the molecule is CCCCCCCCC1SC=NC1=O. The largest absolute Gasteiger partial charge is 0.271 e. The second-order valence-electron chi connectivity index (χ2n) is 3.75. The molecular weight excluding hydrogens is 194 g/mol. The van der Waals surface area contributed by atoms with Crippen LogP contribution in [0.3, 0.4) is 0 Å². The molecule has 0 aromatic carbocycles. The zero-order valence-electron chi connectivity index (χ0n) is 8.87. The molecule has 0 radical (unpaired) electrons. The Morgan fingerprint density at radius 3 is 2.64 bits per heavy atom. The van der Waals surface area contributed by atoms with Crippen LogP contribution in [0.25, 0.3) is 0 Å². The van der Waals surface area contributed by atoms with E-state index in [1.807, 2.05) is 0 Å². The topological polar surface area (TPSA) is 29.4 Å². The molecule has 0 aliphatic carbocycles. The zero-order valence-corrected chi connectivity index (χ0v) is 9.68. The number of unbranched alkanes of at least 4 members (excludes halogenated alkanes) is 5. The van der Waals surface area contributed by atoms with E-state index in [0.29, 0.717) is 0 Å². The molecule has 3 heteroatoms. The highest BCUT2D eigenvalue weighted by atomic mass is 32.2. The maximum Gasteiger partial charge on any atom is 0.259 e. The second kappa shape index (κ2) is 7.04. The molecule has 2 nitrogen and oxygen atoms in total. The average molecular weight is 213 g/mol. The van der Waals surface area contributed by atoms with Crippen molar-refractivity contribution < 1.29 is 4.79 Å². The van der Waals surface area contributed by atoms with E-state index in [-0.39, 0.29) is 11.2 Å². The Morgan fingerprint density at radius 2 is 2.00 bits per heavy atom. The summed E-state index contributed by atoms with van der Waals surface area (Å²) in [6.45, 7) is 2.23. The third-order valence-electron chi connectivity index (χ3n) is 2.50.